The molecule has 0 saturated heterocycles. The van der Waals surface area contributed by atoms with Crippen molar-refractivity contribution in [2.24, 2.45) is 0 Å². The molecule has 3 heterocycles. The molecule has 1 aliphatic heterocycles. The van der Waals surface area contributed by atoms with Gasteiger partial charge in [0, 0.05) is 36.3 Å². The van der Waals surface area contributed by atoms with Crippen LogP contribution in [-0.2, 0) is 13.0 Å². The molecule has 0 bridgehead atoms. The monoisotopic (exact) mass is 568 g/mol. The second kappa shape index (κ2) is 10.3. The van der Waals surface area contributed by atoms with Gasteiger partial charge in [-0.05, 0) is 57.5 Å². The molecule has 5 rings (SSSR count). The van der Waals surface area contributed by atoms with Crippen LogP contribution in [0.3, 0.4) is 0 Å². The minimum atomic E-state index is -0.370. The van der Waals surface area contributed by atoms with Gasteiger partial charge >= 0.3 is 0 Å². The number of anilines is 1. The SMILES string of the molecule is CNC(=O)c1noc2cc(-n3c(NC(C)C)nc4c(c3=O)C[C@@H](C)N(C(=O)c3ccc(Cl)c(Cl)c3)C4)ccc12. The first-order valence-electron chi connectivity index (χ1n) is 12.4. The zero-order valence-corrected chi connectivity index (χ0v) is 23.2. The van der Waals surface area contributed by atoms with E-state index in [2.05, 4.69) is 15.8 Å². The summed E-state index contributed by atoms with van der Waals surface area (Å²) in [5.41, 5.74) is 2.24. The summed E-state index contributed by atoms with van der Waals surface area (Å²) in [6.07, 6.45) is 0.321. The Morgan fingerprint density at radius 3 is 2.59 bits per heavy atom. The Balaban J connectivity index is 1.58. The van der Waals surface area contributed by atoms with Crippen LogP contribution < -0.4 is 16.2 Å². The Morgan fingerprint density at radius 1 is 1.13 bits per heavy atom. The first-order valence-corrected chi connectivity index (χ1v) is 13.1. The van der Waals surface area contributed by atoms with Crippen LogP contribution in [0.4, 0.5) is 5.95 Å². The molecule has 1 atom stereocenters. The lowest BCUT2D eigenvalue weighted by Gasteiger charge is -2.34. The van der Waals surface area contributed by atoms with E-state index in [1.165, 1.54) is 11.6 Å². The van der Waals surface area contributed by atoms with E-state index in [4.69, 9.17) is 32.7 Å². The van der Waals surface area contributed by atoms with E-state index < -0.39 is 0 Å². The second-order valence-corrected chi connectivity index (χ2v) is 10.5. The van der Waals surface area contributed by atoms with Gasteiger partial charge in [-0.2, -0.15) is 0 Å². The molecule has 0 aliphatic carbocycles. The smallest absolute Gasteiger partial charge is 0.273 e. The molecule has 2 aromatic heterocycles. The van der Waals surface area contributed by atoms with E-state index >= 15 is 0 Å². The number of hydrogen-bond donors (Lipinski definition) is 2. The minimum Gasteiger partial charge on any atom is -0.355 e. The van der Waals surface area contributed by atoms with E-state index in [1.54, 1.807) is 41.3 Å². The van der Waals surface area contributed by atoms with E-state index in [9.17, 15) is 14.4 Å². The van der Waals surface area contributed by atoms with Crippen LogP contribution in [-0.4, -0.2) is 50.6 Å². The van der Waals surface area contributed by atoms with Gasteiger partial charge < -0.3 is 20.1 Å². The lowest BCUT2D eigenvalue weighted by atomic mass is 9.98. The van der Waals surface area contributed by atoms with Gasteiger partial charge in [0.05, 0.1) is 33.4 Å². The summed E-state index contributed by atoms with van der Waals surface area (Å²) in [5.74, 6) is -0.264. The van der Waals surface area contributed by atoms with Crippen LogP contribution in [0.5, 0.6) is 0 Å². The third kappa shape index (κ3) is 4.86. The van der Waals surface area contributed by atoms with Gasteiger partial charge in [-0.15, -0.1) is 0 Å². The van der Waals surface area contributed by atoms with Crippen LogP contribution in [0.2, 0.25) is 10.0 Å². The number of halogens is 2. The molecule has 2 amide bonds. The van der Waals surface area contributed by atoms with Crippen molar-refractivity contribution < 1.29 is 14.1 Å². The molecule has 12 heteroatoms. The average Bonchev–Trinajstić information content (AvgIpc) is 3.33. The normalized spacial score (nSPS) is 14.9. The second-order valence-electron chi connectivity index (χ2n) is 9.71. The highest BCUT2D eigenvalue weighted by Gasteiger charge is 2.32. The van der Waals surface area contributed by atoms with Gasteiger partial charge in [-0.1, -0.05) is 28.4 Å². The number of aromatic nitrogens is 3. The topological polar surface area (TPSA) is 122 Å². The Labute approximate surface area is 233 Å². The fraction of sp³-hybridized carbons (Fsp3) is 0.296. The highest BCUT2D eigenvalue weighted by Crippen LogP contribution is 2.28. The first kappa shape index (κ1) is 26.7. The zero-order valence-electron chi connectivity index (χ0n) is 21.7. The summed E-state index contributed by atoms with van der Waals surface area (Å²) in [4.78, 5) is 45.9. The van der Waals surface area contributed by atoms with Crippen LogP contribution in [0.1, 0.15) is 52.9 Å². The van der Waals surface area contributed by atoms with Gasteiger partial charge in [0.1, 0.15) is 0 Å². The summed E-state index contributed by atoms with van der Waals surface area (Å²) in [6.45, 7) is 5.93. The molecule has 10 nitrogen and oxygen atoms in total. The highest BCUT2D eigenvalue weighted by molar-refractivity contribution is 6.42. The molecule has 39 heavy (non-hydrogen) atoms. The third-order valence-corrected chi connectivity index (χ3v) is 7.35. The van der Waals surface area contributed by atoms with Gasteiger partial charge in [0.15, 0.2) is 11.3 Å². The maximum absolute atomic E-state index is 13.9. The summed E-state index contributed by atoms with van der Waals surface area (Å²) in [7, 11) is 1.51. The maximum atomic E-state index is 13.9. The number of hydrogen-bond acceptors (Lipinski definition) is 7. The average molecular weight is 569 g/mol. The predicted molar refractivity (Wildman–Crippen MR) is 149 cm³/mol. The fourth-order valence-electron chi connectivity index (χ4n) is 4.67. The number of nitrogens with one attached hydrogen (secondary N) is 2. The minimum absolute atomic E-state index is 0.0356. The summed E-state index contributed by atoms with van der Waals surface area (Å²) in [5, 5.41) is 10.8. The van der Waals surface area contributed by atoms with E-state index in [1.807, 2.05) is 20.8 Å². The molecule has 0 radical (unpaired) electrons. The third-order valence-electron chi connectivity index (χ3n) is 6.62. The van der Waals surface area contributed by atoms with Gasteiger partial charge in [-0.3, -0.25) is 14.4 Å². The number of rotatable bonds is 5. The molecule has 0 fully saturated rings. The van der Waals surface area contributed by atoms with Gasteiger partial charge in [-0.25, -0.2) is 9.55 Å². The van der Waals surface area contributed by atoms with Crippen LogP contribution in [0, 0.1) is 0 Å². The predicted octanol–water partition coefficient (Wildman–Crippen LogP) is 4.45. The Hall–Kier alpha value is -3.89. The number of amides is 2. The fourth-order valence-corrected chi connectivity index (χ4v) is 4.97. The molecule has 0 saturated carbocycles. The first-order chi connectivity index (χ1) is 18.6. The zero-order chi connectivity index (χ0) is 28.0. The van der Waals surface area contributed by atoms with Crippen molar-refractivity contribution in [1.82, 2.24) is 24.9 Å². The highest BCUT2D eigenvalue weighted by atomic mass is 35.5. The van der Waals surface area contributed by atoms with Crippen molar-refractivity contribution >= 4 is 51.9 Å². The summed E-state index contributed by atoms with van der Waals surface area (Å²) >= 11 is 12.2. The molecular weight excluding hydrogens is 543 g/mol. The van der Waals surface area contributed by atoms with Crippen molar-refractivity contribution in [2.75, 3.05) is 12.4 Å². The van der Waals surface area contributed by atoms with Crippen molar-refractivity contribution in [1.29, 1.82) is 0 Å². The number of nitrogens with zero attached hydrogens (tertiary/aromatic N) is 4. The van der Waals surface area contributed by atoms with Crippen LogP contribution in [0.25, 0.3) is 16.7 Å². The Kier molecular flexibility index (Phi) is 7.09. The lowest BCUT2D eigenvalue weighted by molar-refractivity contribution is 0.0653. The largest absolute Gasteiger partial charge is 0.355 e. The maximum Gasteiger partial charge on any atom is 0.273 e. The van der Waals surface area contributed by atoms with Crippen molar-refractivity contribution in [2.45, 2.75) is 45.8 Å². The Bertz CT molecular complexity index is 1680. The summed E-state index contributed by atoms with van der Waals surface area (Å²) in [6, 6.07) is 9.53. The van der Waals surface area contributed by atoms with Crippen LogP contribution in [0.15, 0.2) is 45.7 Å². The van der Waals surface area contributed by atoms with Crippen molar-refractivity contribution in [3.8, 4) is 5.69 Å². The van der Waals surface area contributed by atoms with Crippen molar-refractivity contribution in [3.05, 3.63) is 79.3 Å². The Morgan fingerprint density at radius 2 is 1.90 bits per heavy atom. The molecule has 2 aromatic carbocycles. The molecule has 1 aliphatic rings. The van der Waals surface area contributed by atoms with Crippen molar-refractivity contribution in [3.63, 3.8) is 0 Å². The van der Waals surface area contributed by atoms with Gasteiger partial charge in [0.25, 0.3) is 17.4 Å². The molecule has 202 valence electrons. The number of carbonyl (C=O) groups is 2. The van der Waals surface area contributed by atoms with E-state index in [-0.39, 0.29) is 41.7 Å². The lowest BCUT2D eigenvalue weighted by Crippen LogP contribution is -2.46. The standard InChI is InChI=1S/C27H26Cl2N6O4/c1-13(2)31-27-32-21-12-34(25(37)15-5-8-19(28)20(29)10-15)14(3)9-18(21)26(38)35(27)16-6-7-17-22(11-16)39-33-23(17)24(36)30-4/h5-8,10-11,13-14H,9,12H2,1-4H3,(H,30,36)(H,31,32)/t14-/m1/s1. The summed E-state index contributed by atoms with van der Waals surface area (Å²) < 4.78 is 6.88. The number of carbonyl (C=O) groups excluding carboxylic acids is 2. The molecule has 0 unspecified atom stereocenters. The number of fused-ring (bicyclic) bond motifs is 2. The molecular formula is C27H26Cl2N6O4. The molecule has 4 aromatic rings. The van der Waals surface area contributed by atoms with Gasteiger partial charge in [0.2, 0.25) is 5.95 Å². The number of benzene rings is 2. The molecule has 2 N–H and O–H groups in total. The quantitative estimate of drug-likeness (QED) is 0.364. The van der Waals surface area contributed by atoms with Crippen LogP contribution >= 0.6 is 23.2 Å². The molecule has 0 spiro atoms. The van der Waals surface area contributed by atoms with E-state index in [0.717, 1.165) is 0 Å². The van der Waals surface area contributed by atoms with E-state index in [0.29, 0.717) is 55.9 Å².